The fraction of sp³-hybridized carbons (Fsp3) is 0. The molecule has 0 unspecified atom stereocenters. The Hall–Kier alpha value is -2.73. The van der Waals surface area contributed by atoms with Crippen molar-refractivity contribution >= 4 is 39.5 Å². The second kappa shape index (κ2) is 5.34. The van der Waals surface area contributed by atoms with E-state index in [9.17, 15) is 14.9 Å². The monoisotopic (exact) mass is 298 g/mol. The van der Waals surface area contributed by atoms with Crippen molar-refractivity contribution in [3.05, 3.63) is 73.9 Å². The molecule has 0 saturated heterocycles. The largest absolute Gasteiger partial charge is 0.312 e. The van der Waals surface area contributed by atoms with Gasteiger partial charge in [-0.3, -0.25) is 19.5 Å². The van der Waals surface area contributed by atoms with E-state index in [1.165, 1.54) is 10.6 Å². The van der Waals surface area contributed by atoms with E-state index in [4.69, 9.17) is 0 Å². The second-order valence-electron chi connectivity index (χ2n) is 4.34. The summed E-state index contributed by atoms with van der Waals surface area (Å²) in [6.45, 7) is 0. The maximum absolute atomic E-state index is 12.0. The lowest BCUT2D eigenvalue weighted by atomic mass is 10.2. The van der Waals surface area contributed by atoms with Crippen LogP contribution in [0.15, 0.2) is 53.3 Å². The minimum absolute atomic E-state index is 0.0151. The van der Waals surface area contributed by atoms with Crippen molar-refractivity contribution in [1.82, 2.24) is 4.57 Å². The molecule has 3 aromatic rings. The summed E-state index contributed by atoms with van der Waals surface area (Å²) >= 11 is 1.15. The van der Waals surface area contributed by atoms with Gasteiger partial charge in [-0.25, -0.2) is 0 Å². The number of para-hydroxylation sites is 2. The molecule has 3 rings (SSSR count). The van der Waals surface area contributed by atoms with Crippen molar-refractivity contribution < 1.29 is 4.92 Å². The van der Waals surface area contributed by atoms with Crippen LogP contribution in [0, 0.1) is 10.1 Å². The molecule has 0 radical (unpaired) electrons. The maximum Gasteiger partial charge on any atom is 0.312 e. The first kappa shape index (κ1) is 13.3. The van der Waals surface area contributed by atoms with E-state index in [2.05, 4.69) is 0 Å². The Kier molecular flexibility index (Phi) is 3.37. The molecule has 0 fully saturated rings. The van der Waals surface area contributed by atoms with Gasteiger partial charge in [-0.2, -0.15) is 0 Å². The Balaban J connectivity index is 2.09. The second-order valence-corrected chi connectivity index (χ2v) is 5.33. The van der Waals surface area contributed by atoms with Gasteiger partial charge < -0.3 is 0 Å². The van der Waals surface area contributed by atoms with Crippen LogP contribution in [0.4, 0.5) is 5.69 Å². The van der Waals surface area contributed by atoms with Crippen LogP contribution in [0.25, 0.3) is 22.5 Å². The fourth-order valence-electron chi connectivity index (χ4n) is 2.07. The molecule has 6 heteroatoms. The third kappa shape index (κ3) is 2.48. The van der Waals surface area contributed by atoms with Gasteiger partial charge in [0.2, 0.25) is 0 Å². The number of hydrogen-bond acceptors (Lipinski definition) is 4. The normalized spacial score (nSPS) is 11.2. The number of thiazole rings is 1. The predicted octanol–water partition coefficient (Wildman–Crippen LogP) is 3.60. The summed E-state index contributed by atoms with van der Waals surface area (Å²) in [6.07, 6.45) is 3.15. The lowest BCUT2D eigenvalue weighted by Crippen LogP contribution is -2.05. The quantitative estimate of drug-likeness (QED) is 0.548. The zero-order chi connectivity index (χ0) is 14.8. The van der Waals surface area contributed by atoms with Crippen molar-refractivity contribution in [3.8, 4) is 0 Å². The van der Waals surface area contributed by atoms with Crippen molar-refractivity contribution in [2.75, 3.05) is 0 Å². The molecular weight excluding hydrogens is 288 g/mol. The molecule has 0 atom stereocenters. The highest BCUT2D eigenvalue weighted by Gasteiger charge is 2.10. The van der Waals surface area contributed by atoms with Gasteiger partial charge in [0, 0.05) is 12.3 Å². The van der Waals surface area contributed by atoms with Crippen LogP contribution in [0.5, 0.6) is 0 Å². The van der Waals surface area contributed by atoms with Gasteiger partial charge in [0.1, 0.15) is 0 Å². The number of hydrogen-bond donors (Lipinski definition) is 0. The molecule has 0 spiro atoms. The first-order valence-electron chi connectivity index (χ1n) is 6.18. The first-order valence-corrected chi connectivity index (χ1v) is 7.00. The highest BCUT2D eigenvalue weighted by Crippen LogP contribution is 2.21. The van der Waals surface area contributed by atoms with Gasteiger partial charge in [-0.05, 0) is 24.3 Å². The molecule has 2 aromatic carbocycles. The molecule has 0 N–H and O–H groups in total. The van der Waals surface area contributed by atoms with Gasteiger partial charge in [0.15, 0.2) is 0 Å². The van der Waals surface area contributed by atoms with Crippen LogP contribution < -0.4 is 4.87 Å². The third-order valence-electron chi connectivity index (χ3n) is 3.06. The first-order chi connectivity index (χ1) is 10.2. The summed E-state index contributed by atoms with van der Waals surface area (Å²) in [4.78, 5) is 22.4. The maximum atomic E-state index is 12.0. The van der Waals surface area contributed by atoms with E-state index in [1.807, 2.05) is 24.3 Å². The van der Waals surface area contributed by atoms with Gasteiger partial charge in [-0.1, -0.05) is 35.6 Å². The smallest absolute Gasteiger partial charge is 0.274 e. The number of nitro benzene ring substituents is 1. The lowest BCUT2D eigenvalue weighted by Gasteiger charge is -1.98. The highest BCUT2D eigenvalue weighted by molar-refractivity contribution is 7.16. The molecule has 0 bridgehead atoms. The Morgan fingerprint density at radius 3 is 2.62 bits per heavy atom. The van der Waals surface area contributed by atoms with Crippen molar-refractivity contribution in [2.24, 2.45) is 0 Å². The van der Waals surface area contributed by atoms with E-state index in [0.29, 0.717) is 5.56 Å². The predicted molar refractivity (Wildman–Crippen MR) is 84.4 cm³/mol. The minimum atomic E-state index is -0.436. The SMILES string of the molecule is O=c1sc2ccccc2n1/C=C/c1ccccc1[N+](=O)[O-]. The van der Waals surface area contributed by atoms with Gasteiger partial charge in [-0.15, -0.1) is 0 Å². The summed E-state index contributed by atoms with van der Waals surface area (Å²) in [5.41, 5.74) is 1.27. The Morgan fingerprint density at radius 1 is 1.10 bits per heavy atom. The zero-order valence-electron chi connectivity index (χ0n) is 10.8. The molecule has 104 valence electrons. The zero-order valence-corrected chi connectivity index (χ0v) is 11.6. The average Bonchev–Trinajstić information content (AvgIpc) is 2.81. The van der Waals surface area contributed by atoms with Crippen molar-refractivity contribution in [2.45, 2.75) is 0 Å². The molecule has 5 nitrogen and oxygen atoms in total. The third-order valence-corrected chi connectivity index (χ3v) is 3.99. The van der Waals surface area contributed by atoms with Gasteiger partial charge in [0.05, 0.1) is 20.7 Å². The molecule has 0 aliphatic carbocycles. The highest BCUT2D eigenvalue weighted by atomic mass is 32.1. The van der Waals surface area contributed by atoms with E-state index >= 15 is 0 Å². The minimum Gasteiger partial charge on any atom is -0.274 e. The van der Waals surface area contributed by atoms with E-state index < -0.39 is 4.92 Å². The lowest BCUT2D eigenvalue weighted by molar-refractivity contribution is -0.385. The van der Waals surface area contributed by atoms with E-state index in [1.54, 1.807) is 30.5 Å². The molecule has 1 aromatic heterocycles. The number of fused-ring (bicyclic) bond motifs is 1. The summed E-state index contributed by atoms with van der Waals surface area (Å²) in [5, 5.41) is 11.0. The number of nitro groups is 1. The van der Waals surface area contributed by atoms with Crippen LogP contribution in [0.2, 0.25) is 0 Å². The van der Waals surface area contributed by atoms with Crippen LogP contribution in [-0.4, -0.2) is 9.49 Å². The molecule has 0 saturated carbocycles. The average molecular weight is 298 g/mol. The van der Waals surface area contributed by atoms with Gasteiger partial charge in [0.25, 0.3) is 5.69 Å². The van der Waals surface area contributed by atoms with E-state index in [-0.39, 0.29) is 10.6 Å². The van der Waals surface area contributed by atoms with Crippen LogP contribution in [0.1, 0.15) is 5.56 Å². The number of aromatic nitrogens is 1. The van der Waals surface area contributed by atoms with Crippen molar-refractivity contribution in [3.63, 3.8) is 0 Å². The van der Waals surface area contributed by atoms with Crippen molar-refractivity contribution in [1.29, 1.82) is 0 Å². The molecule has 0 amide bonds. The summed E-state index contributed by atoms with van der Waals surface area (Å²) in [5.74, 6) is 0. The molecule has 1 heterocycles. The Bertz CT molecular complexity index is 908. The Labute approximate surface area is 123 Å². The number of rotatable bonds is 3. The van der Waals surface area contributed by atoms with Crippen LogP contribution in [0.3, 0.4) is 0 Å². The summed E-state index contributed by atoms with van der Waals surface area (Å²) in [7, 11) is 0. The molecule has 21 heavy (non-hydrogen) atoms. The fourth-order valence-corrected chi connectivity index (χ4v) is 2.94. The van der Waals surface area contributed by atoms with Gasteiger partial charge >= 0.3 is 4.87 Å². The Morgan fingerprint density at radius 2 is 1.81 bits per heavy atom. The molecule has 0 aliphatic rings. The summed E-state index contributed by atoms with van der Waals surface area (Å²) < 4.78 is 2.38. The van der Waals surface area contributed by atoms with E-state index in [0.717, 1.165) is 21.6 Å². The molecule has 0 aliphatic heterocycles. The number of benzene rings is 2. The van der Waals surface area contributed by atoms with Crippen LogP contribution >= 0.6 is 11.3 Å². The summed E-state index contributed by atoms with van der Waals surface area (Å²) in [6, 6.07) is 13.9. The molecular formula is C15H10N2O3S. The van der Waals surface area contributed by atoms with Crippen LogP contribution in [-0.2, 0) is 0 Å². The standard InChI is InChI=1S/C15H10N2O3S/c18-15-16(13-7-3-4-8-14(13)21-15)10-9-11-5-1-2-6-12(11)17(19)20/h1-10H/b10-9+. The number of nitrogens with zero attached hydrogens (tertiary/aromatic N) is 2. The topological polar surface area (TPSA) is 65.1 Å².